The highest BCUT2D eigenvalue weighted by Crippen LogP contribution is 2.24. The molecule has 4 heteroatoms. The van der Waals surface area contributed by atoms with E-state index in [0.717, 1.165) is 18.4 Å². The molecule has 74 valence electrons. The van der Waals surface area contributed by atoms with Crippen LogP contribution in [-0.4, -0.2) is 17.3 Å². The fourth-order valence-electron chi connectivity index (χ4n) is 1.44. The van der Waals surface area contributed by atoms with E-state index in [0.29, 0.717) is 5.76 Å². The Labute approximate surface area is 81.6 Å². The van der Waals surface area contributed by atoms with Crippen molar-refractivity contribution >= 4 is 5.97 Å². The largest absolute Gasteiger partial charge is 0.477 e. The van der Waals surface area contributed by atoms with Crippen LogP contribution in [0.15, 0.2) is 35.8 Å². The summed E-state index contributed by atoms with van der Waals surface area (Å²) in [5.74, 6) is -0.357. The molecule has 2 aliphatic rings. The fraction of sp³-hybridized carbons (Fsp3) is 0.300. The monoisotopic (exact) mass is 193 g/mol. The van der Waals surface area contributed by atoms with Crippen LogP contribution in [-0.2, 0) is 9.53 Å². The van der Waals surface area contributed by atoms with Crippen LogP contribution < -0.4 is 5.32 Å². The first-order valence-electron chi connectivity index (χ1n) is 4.49. The molecule has 1 aliphatic carbocycles. The van der Waals surface area contributed by atoms with E-state index in [-0.39, 0.29) is 0 Å². The van der Waals surface area contributed by atoms with Crippen LogP contribution in [0.2, 0.25) is 0 Å². The highest BCUT2D eigenvalue weighted by atomic mass is 16.5. The lowest BCUT2D eigenvalue weighted by Gasteiger charge is -2.11. The highest BCUT2D eigenvalue weighted by molar-refractivity contribution is 5.72. The summed E-state index contributed by atoms with van der Waals surface area (Å²) < 4.78 is 5.21. The van der Waals surface area contributed by atoms with E-state index in [1.807, 2.05) is 12.2 Å². The number of hydrogen-bond acceptors (Lipinski definition) is 3. The number of carboxylic acid groups (broad SMARTS) is 1. The third-order valence-corrected chi connectivity index (χ3v) is 2.17. The van der Waals surface area contributed by atoms with Crippen LogP contribution in [0.3, 0.4) is 0 Å². The van der Waals surface area contributed by atoms with Crippen molar-refractivity contribution in [3.8, 4) is 0 Å². The van der Waals surface area contributed by atoms with Gasteiger partial charge in [-0.05, 0) is 18.4 Å². The van der Waals surface area contributed by atoms with Crippen molar-refractivity contribution in [2.24, 2.45) is 0 Å². The van der Waals surface area contributed by atoms with Crippen molar-refractivity contribution in [2.75, 3.05) is 0 Å². The molecule has 0 spiro atoms. The molecule has 2 rings (SSSR count). The van der Waals surface area contributed by atoms with Crippen LogP contribution >= 0.6 is 0 Å². The summed E-state index contributed by atoms with van der Waals surface area (Å²) in [6.07, 6.45) is 8.53. The minimum absolute atomic E-state index is 0.641. The quantitative estimate of drug-likeness (QED) is 0.690. The summed E-state index contributed by atoms with van der Waals surface area (Å²) in [6.45, 7) is 0. The normalized spacial score (nSPS) is 24.7. The molecule has 0 amide bonds. The van der Waals surface area contributed by atoms with Crippen LogP contribution in [0, 0.1) is 0 Å². The summed E-state index contributed by atoms with van der Waals surface area (Å²) >= 11 is 0. The fourth-order valence-corrected chi connectivity index (χ4v) is 1.44. The van der Waals surface area contributed by atoms with E-state index in [4.69, 9.17) is 9.84 Å². The molecule has 2 N–H and O–H groups in total. The van der Waals surface area contributed by atoms with E-state index in [9.17, 15) is 4.79 Å². The van der Waals surface area contributed by atoms with Gasteiger partial charge in [-0.15, -0.1) is 0 Å². The van der Waals surface area contributed by atoms with E-state index in [1.165, 1.54) is 0 Å². The summed E-state index contributed by atoms with van der Waals surface area (Å²) in [7, 11) is 0. The first-order valence-corrected chi connectivity index (χ1v) is 4.49. The van der Waals surface area contributed by atoms with E-state index >= 15 is 0 Å². The average molecular weight is 193 g/mol. The summed E-state index contributed by atoms with van der Waals surface area (Å²) in [6, 6.07) is 0. The molecule has 1 atom stereocenters. The zero-order chi connectivity index (χ0) is 9.97. The molecule has 0 fully saturated rings. The van der Waals surface area contributed by atoms with E-state index < -0.39 is 12.2 Å². The molecule has 4 nitrogen and oxygen atoms in total. The lowest BCUT2D eigenvalue weighted by Crippen LogP contribution is -2.30. The summed E-state index contributed by atoms with van der Waals surface area (Å²) in [5.41, 5.74) is 1.05. The molecular weight excluding hydrogens is 182 g/mol. The van der Waals surface area contributed by atoms with Gasteiger partial charge in [0.2, 0.25) is 0 Å². The van der Waals surface area contributed by atoms with Crippen LogP contribution in [0.5, 0.6) is 0 Å². The maximum Gasteiger partial charge on any atom is 0.366 e. The zero-order valence-electron chi connectivity index (χ0n) is 7.56. The number of aliphatic carboxylic acids is 1. The van der Waals surface area contributed by atoms with Gasteiger partial charge in [0.05, 0.1) is 0 Å². The van der Waals surface area contributed by atoms with Crippen LogP contribution in [0.4, 0.5) is 0 Å². The number of nitrogens with one attached hydrogen (secondary N) is 1. The molecule has 14 heavy (non-hydrogen) atoms. The lowest BCUT2D eigenvalue weighted by molar-refractivity contribution is -0.147. The number of rotatable bonds is 2. The second-order valence-electron chi connectivity index (χ2n) is 3.17. The van der Waals surface area contributed by atoms with Gasteiger partial charge in [-0.1, -0.05) is 18.2 Å². The van der Waals surface area contributed by atoms with Crippen molar-refractivity contribution < 1.29 is 14.6 Å². The Morgan fingerprint density at radius 1 is 1.64 bits per heavy atom. The standard InChI is InChI=1S/C10H11NO3/c12-10(13)9-11-6-8(14-9)7-4-2-1-3-5-7/h1-2,4,6,9,11H,3,5H2,(H,12,13). The summed E-state index contributed by atoms with van der Waals surface area (Å²) in [4.78, 5) is 10.6. The molecule has 0 aromatic rings. The zero-order valence-corrected chi connectivity index (χ0v) is 7.56. The second-order valence-corrected chi connectivity index (χ2v) is 3.17. The van der Waals surface area contributed by atoms with Crippen LogP contribution in [0.25, 0.3) is 0 Å². The smallest absolute Gasteiger partial charge is 0.366 e. The van der Waals surface area contributed by atoms with Crippen molar-refractivity contribution in [3.63, 3.8) is 0 Å². The predicted molar refractivity (Wildman–Crippen MR) is 50.2 cm³/mol. The molecule has 0 aromatic carbocycles. The topological polar surface area (TPSA) is 58.6 Å². The van der Waals surface area contributed by atoms with Crippen molar-refractivity contribution in [2.45, 2.75) is 19.1 Å². The number of carboxylic acids is 1. The third kappa shape index (κ3) is 1.64. The van der Waals surface area contributed by atoms with Gasteiger partial charge in [-0.3, -0.25) is 0 Å². The Balaban J connectivity index is 2.04. The van der Waals surface area contributed by atoms with E-state index in [2.05, 4.69) is 11.4 Å². The molecule has 1 unspecified atom stereocenters. The Hall–Kier alpha value is -1.71. The number of ether oxygens (including phenoxy) is 1. The predicted octanol–water partition coefficient (Wildman–Crippen LogP) is 1.13. The SMILES string of the molecule is O=C(O)C1NC=C(C2=CC=CCC2)O1. The van der Waals surface area contributed by atoms with Gasteiger partial charge in [-0.25, -0.2) is 4.79 Å². The third-order valence-electron chi connectivity index (χ3n) is 2.17. The Bertz CT molecular complexity index is 341. The van der Waals surface area contributed by atoms with Gasteiger partial charge in [0.15, 0.2) is 0 Å². The lowest BCUT2D eigenvalue weighted by atomic mass is 10.0. The second kappa shape index (κ2) is 3.57. The highest BCUT2D eigenvalue weighted by Gasteiger charge is 2.25. The average Bonchev–Trinajstić information content (AvgIpc) is 2.68. The Morgan fingerprint density at radius 2 is 2.50 bits per heavy atom. The van der Waals surface area contributed by atoms with Gasteiger partial charge in [0.1, 0.15) is 5.76 Å². The molecule has 1 aliphatic heterocycles. The van der Waals surface area contributed by atoms with Gasteiger partial charge in [0.25, 0.3) is 6.23 Å². The number of carbonyl (C=O) groups is 1. The molecular formula is C10H11NO3. The van der Waals surface area contributed by atoms with Crippen molar-refractivity contribution in [1.82, 2.24) is 5.32 Å². The first-order chi connectivity index (χ1) is 6.77. The van der Waals surface area contributed by atoms with Gasteiger partial charge >= 0.3 is 5.97 Å². The number of hydrogen-bond donors (Lipinski definition) is 2. The molecule has 0 saturated heterocycles. The van der Waals surface area contributed by atoms with Crippen molar-refractivity contribution in [3.05, 3.63) is 35.8 Å². The van der Waals surface area contributed by atoms with E-state index in [1.54, 1.807) is 6.20 Å². The minimum Gasteiger partial charge on any atom is -0.477 e. The van der Waals surface area contributed by atoms with Gasteiger partial charge in [0, 0.05) is 6.20 Å². The summed E-state index contributed by atoms with van der Waals surface area (Å²) in [5, 5.41) is 11.3. The first kappa shape index (κ1) is 8.87. The molecule has 0 radical (unpaired) electrons. The van der Waals surface area contributed by atoms with Gasteiger partial charge < -0.3 is 15.2 Å². The number of allylic oxidation sites excluding steroid dienone is 4. The Kier molecular flexibility index (Phi) is 2.26. The van der Waals surface area contributed by atoms with Crippen LogP contribution in [0.1, 0.15) is 12.8 Å². The maximum absolute atomic E-state index is 10.6. The molecule has 1 heterocycles. The van der Waals surface area contributed by atoms with Gasteiger partial charge in [-0.2, -0.15) is 0 Å². The minimum atomic E-state index is -0.997. The molecule has 0 saturated carbocycles. The Morgan fingerprint density at radius 3 is 3.07 bits per heavy atom. The molecule has 0 aromatic heterocycles. The maximum atomic E-state index is 10.6. The van der Waals surface area contributed by atoms with Crippen molar-refractivity contribution in [1.29, 1.82) is 0 Å². The molecule has 0 bridgehead atoms.